The van der Waals surface area contributed by atoms with E-state index < -0.39 is 0 Å². The number of halogens is 2. The first-order valence-corrected chi connectivity index (χ1v) is 6.94. The average Bonchev–Trinajstić information content (AvgIpc) is 2.30. The number of unbranched alkanes of at least 4 members (excludes halogenated alkanes) is 2. The molecule has 1 aromatic heterocycles. The third kappa shape index (κ3) is 9.37. The van der Waals surface area contributed by atoms with Crippen LogP contribution in [0.5, 0.6) is 0 Å². The Hall–Kier alpha value is -0.340. The highest BCUT2D eigenvalue weighted by Crippen LogP contribution is 2.16. The van der Waals surface area contributed by atoms with Crippen LogP contribution in [0.3, 0.4) is 0 Å². The van der Waals surface area contributed by atoms with Crippen molar-refractivity contribution in [2.24, 2.45) is 0 Å². The van der Waals surface area contributed by atoms with Crippen molar-refractivity contribution in [3.8, 4) is 0 Å². The standard InChI is InChI=1S/C6H6Cl2N2.C5H12.C2H6/c1-3-4(2)9-6(8)10-5(3)7;1-3-5-4-2;1-2/h1-2H3;3-5H2,1-2H3;1-2H3. The molecular formula is C13H24Cl2N2. The first-order valence-electron chi connectivity index (χ1n) is 6.19. The molecule has 0 amide bonds. The predicted octanol–water partition coefficient (Wildman–Crippen LogP) is 5.62. The number of nitrogens with zero attached hydrogens (tertiary/aromatic N) is 2. The Morgan fingerprint density at radius 3 is 1.71 bits per heavy atom. The second kappa shape index (κ2) is 12.1. The molecule has 4 heteroatoms. The fourth-order valence-corrected chi connectivity index (χ4v) is 1.39. The summed E-state index contributed by atoms with van der Waals surface area (Å²) in [6.07, 6.45) is 4.08. The van der Waals surface area contributed by atoms with Crippen molar-refractivity contribution in [1.82, 2.24) is 9.97 Å². The van der Waals surface area contributed by atoms with Gasteiger partial charge in [0.25, 0.3) is 0 Å². The number of hydrogen-bond donors (Lipinski definition) is 0. The molecule has 0 aliphatic carbocycles. The van der Waals surface area contributed by atoms with Crippen molar-refractivity contribution in [3.63, 3.8) is 0 Å². The molecule has 100 valence electrons. The smallest absolute Gasteiger partial charge is 0.223 e. The van der Waals surface area contributed by atoms with E-state index >= 15 is 0 Å². The molecule has 0 aliphatic heterocycles. The van der Waals surface area contributed by atoms with Crippen LogP contribution >= 0.6 is 23.2 Å². The van der Waals surface area contributed by atoms with Crippen LogP contribution in [0.25, 0.3) is 0 Å². The summed E-state index contributed by atoms with van der Waals surface area (Å²) in [6, 6.07) is 0. The Balaban J connectivity index is 0. The molecule has 0 aromatic carbocycles. The van der Waals surface area contributed by atoms with Crippen LogP contribution in [0.4, 0.5) is 0 Å². The Labute approximate surface area is 116 Å². The lowest BCUT2D eigenvalue weighted by atomic mass is 10.3. The lowest BCUT2D eigenvalue weighted by Crippen LogP contribution is -1.91. The zero-order valence-electron chi connectivity index (χ0n) is 11.8. The topological polar surface area (TPSA) is 25.8 Å². The number of aryl methyl sites for hydroxylation is 1. The van der Waals surface area contributed by atoms with Crippen LogP contribution in [-0.4, -0.2) is 9.97 Å². The summed E-state index contributed by atoms with van der Waals surface area (Å²) in [7, 11) is 0. The van der Waals surface area contributed by atoms with E-state index in [0.29, 0.717) is 5.15 Å². The van der Waals surface area contributed by atoms with Gasteiger partial charge in [-0.2, -0.15) is 0 Å². The van der Waals surface area contributed by atoms with E-state index in [1.807, 2.05) is 27.7 Å². The molecular weight excluding hydrogens is 255 g/mol. The molecule has 0 radical (unpaired) electrons. The third-order valence-electron chi connectivity index (χ3n) is 2.01. The van der Waals surface area contributed by atoms with Gasteiger partial charge in [0.05, 0.1) is 0 Å². The third-order valence-corrected chi connectivity index (χ3v) is 2.55. The summed E-state index contributed by atoms with van der Waals surface area (Å²) in [4.78, 5) is 7.66. The first kappa shape index (κ1) is 19.0. The highest BCUT2D eigenvalue weighted by Gasteiger charge is 2.02. The molecule has 2 nitrogen and oxygen atoms in total. The second-order valence-corrected chi connectivity index (χ2v) is 4.04. The molecule has 0 aliphatic rings. The van der Waals surface area contributed by atoms with E-state index in [0.717, 1.165) is 11.3 Å². The number of rotatable bonds is 2. The van der Waals surface area contributed by atoms with Gasteiger partial charge in [-0.25, -0.2) is 9.97 Å². The first-order chi connectivity index (χ1) is 8.02. The molecule has 17 heavy (non-hydrogen) atoms. The molecule has 0 unspecified atom stereocenters. The van der Waals surface area contributed by atoms with Crippen molar-refractivity contribution in [1.29, 1.82) is 0 Å². The fraction of sp³-hybridized carbons (Fsp3) is 0.692. The minimum Gasteiger partial charge on any atom is -0.223 e. The molecule has 0 bridgehead atoms. The van der Waals surface area contributed by atoms with Crippen LogP contribution in [0.2, 0.25) is 10.4 Å². The molecule has 0 saturated carbocycles. The van der Waals surface area contributed by atoms with E-state index in [9.17, 15) is 0 Å². The normalized spacial score (nSPS) is 8.71. The van der Waals surface area contributed by atoms with Crippen LogP contribution in [0.1, 0.15) is 58.2 Å². The van der Waals surface area contributed by atoms with Crippen molar-refractivity contribution in [2.45, 2.75) is 60.8 Å². The molecule has 0 fully saturated rings. The summed E-state index contributed by atoms with van der Waals surface area (Å²) in [5, 5.41) is 0.630. The monoisotopic (exact) mass is 278 g/mol. The van der Waals surface area contributed by atoms with Crippen molar-refractivity contribution < 1.29 is 0 Å². The average molecular weight is 279 g/mol. The molecule has 1 aromatic rings. The molecule has 0 atom stereocenters. The Bertz CT molecular complexity index is 276. The summed E-state index contributed by atoms with van der Waals surface area (Å²) in [6.45, 7) is 12.1. The number of hydrogen-bond acceptors (Lipinski definition) is 2. The lowest BCUT2D eigenvalue weighted by Gasteiger charge is -1.99. The van der Waals surface area contributed by atoms with Crippen LogP contribution in [0, 0.1) is 13.8 Å². The van der Waals surface area contributed by atoms with Gasteiger partial charge in [0, 0.05) is 11.3 Å². The van der Waals surface area contributed by atoms with Gasteiger partial charge in [0.1, 0.15) is 5.15 Å². The fourth-order valence-electron chi connectivity index (χ4n) is 0.915. The Morgan fingerprint density at radius 1 is 0.941 bits per heavy atom. The van der Waals surface area contributed by atoms with Gasteiger partial charge >= 0.3 is 0 Å². The van der Waals surface area contributed by atoms with E-state index in [2.05, 4.69) is 23.8 Å². The van der Waals surface area contributed by atoms with Gasteiger partial charge in [-0.05, 0) is 25.4 Å². The van der Waals surface area contributed by atoms with E-state index in [-0.39, 0.29) is 5.28 Å². The summed E-state index contributed by atoms with van der Waals surface area (Å²) in [5.74, 6) is 0. The van der Waals surface area contributed by atoms with E-state index in [1.165, 1.54) is 19.3 Å². The van der Waals surface area contributed by atoms with E-state index in [1.54, 1.807) is 0 Å². The SMILES string of the molecule is CC.CCCCC.Cc1nc(Cl)nc(Cl)c1C. The van der Waals surface area contributed by atoms with Gasteiger partial charge in [-0.3, -0.25) is 0 Å². The predicted molar refractivity (Wildman–Crippen MR) is 78.1 cm³/mol. The Morgan fingerprint density at radius 2 is 1.41 bits per heavy atom. The highest BCUT2D eigenvalue weighted by molar-refractivity contribution is 6.32. The molecule has 0 N–H and O–H groups in total. The molecule has 1 heterocycles. The summed E-state index contributed by atoms with van der Waals surface area (Å²) < 4.78 is 0. The van der Waals surface area contributed by atoms with Gasteiger partial charge < -0.3 is 0 Å². The van der Waals surface area contributed by atoms with Crippen LogP contribution < -0.4 is 0 Å². The number of aromatic nitrogens is 2. The zero-order chi connectivity index (χ0) is 13.8. The maximum Gasteiger partial charge on any atom is 0.224 e. The minimum absolute atomic E-state index is 0.202. The summed E-state index contributed by atoms with van der Waals surface area (Å²) in [5.41, 5.74) is 1.70. The van der Waals surface area contributed by atoms with Gasteiger partial charge in [-0.15, -0.1) is 0 Å². The van der Waals surface area contributed by atoms with Gasteiger partial charge in [0.2, 0.25) is 5.28 Å². The maximum absolute atomic E-state index is 5.68. The van der Waals surface area contributed by atoms with E-state index in [4.69, 9.17) is 23.2 Å². The molecule has 0 saturated heterocycles. The van der Waals surface area contributed by atoms with Crippen molar-refractivity contribution >= 4 is 23.2 Å². The minimum atomic E-state index is 0.202. The lowest BCUT2D eigenvalue weighted by molar-refractivity contribution is 0.772. The van der Waals surface area contributed by atoms with Gasteiger partial charge in [-0.1, -0.05) is 58.6 Å². The quantitative estimate of drug-likeness (QED) is 0.518. The van der Waals surface area contributed by atoms with Gasteiger partial charge in [0.15, 0.2) is 0 Å². The zero-order valence-corrected chi connectivity index (χ0v) is 13.3. The van der Waals surface area contributed by atoms with Crippen molar-refractivity contribution in [3.05, 3.63) is 21.7 Å². The molecule has 1 rings (SSSR count). The van der Waals surface area contributed by atoms with Crippen LogP contribution in [-0.2, 0) is 0 Å². The highest BCUT2D eigenvalue weighted by atomic mass is 35.5. The molecule has 0 spiro atoms. The summed E-state index contributed by atoms with van der Waals surface area (Å²) >= 11 is 11.2. The van der Waals surface area contributed by atoms with Crippen LogP contribution in [0.15, 0.2) is 0 Å². The second-order valence-electron chi connectivity index (χ2n) is 3.35. The van der Waals surface area contributed by atoms with Crippen molar-refractivity contribution in [2.75, 3.05) is 0 Å². The largest absolute Gasteiger partial charge is 0.224 e. The Kier molecular flexibility index (Phi) is 13.6. The maximum atomic E-state index is 5.68.